The highest BCUT2D eigenvalue weighted by molar-refractivity contribution is 6.30. The first-order chi connectivity index (χ1) is 8.04. The molecule has 0 N–H and O–H groups in total. The number of nitrogens with zero attached hydrogens (tertiary/aromatic N) is 3. The smallest absolute Gasteiger partial charge is 0.137 e. The van der Waals surface area contributed by atoms with Gasteiger partial charge in [-0.25, -0.2) is 9.97 Å². The van der Waals surface area contributed by atoms with Crippen LogP contribution in [0.5, 0.6) is 0 Å². The third-order valence-corrected chi connectivity index (χ3v) is 4.04. The lowest BCUT2D eigenvalue weighted by Gasteiger charge is -2.27. The molecule has 0 amide bonds. The molecule has 1 fully saturated rings. The van der Waals surface area contributed by atoms with Crippen LogP contribution in [0.25, 0.3) is 0 Å². The van der Waals surface area contributed by atoms with Crippen molar-refractivity contribution in [2.24, 2.45) is 5.92 Å². The minimum Gasteiger partial charge on any atom is -0.356 e. The molecule has 17 heavy (non-hydrogen) atoms. The molecule has 1 saturated carbocycles. The van der Waals surface area contributed by atoms with Gasteiger partial charge in [0.15, 0.2) is 0 Å². The van der Waals surface area contributed by atoms with Crippen molar-refractivity contribution in [1.82, 2.24) is 9.97 Å². The van der Waals surface area contributed by atoms with E-state index in [1.54, 1.807) is 0 Å². The molecule has 0 saturated heterocycles. The summed E-state index contributed by atoms with van der Waals surface area (Å²) in [4.78, 5) is 11.1. The molecule has 4 heteroatoms. The van der Waals surface area contributed by atoms with Crippen LogP contribution in [0.1, 0.15) is 38.1 Å². The third kappa shape index (κ3) is 2.54. The highest BCUT2D eigenvalue weighted by atomic mass is 35.5. The SMILES string of the molecule is CCc1nc(Cl)c(C)c(N(C)C(C)C2CC2)n1. The summed E-state index contributed by atoms with van der Waals surface area (Å²) in [6, 6.07) is 0.532. The van der Waals surface area contributed by atoms with Crippen LogP contribution in [0.3, 0.4) is 0 Å². The van der Waals surface area contributed by atoms with Gasteiger partial charge in [0, 0.05) is 25.1 Å². The summed E-state index contributed by atoms with van der Waals surface area (Å²) in [6.07, 6.45) is 3.49. The van der Waals surface area contributed by atoms with Gasteiger partial charge in [-0.3, -0.25) is 0 Å². The van der Waals surface area contributed by atoms with Crippen molar-refractivity contribution < 1.29 is 0 Å². The van der Waals surface area contributed by atoms with Gasteiger partial charge in [-0.2, -0.15) is 0 Å². The van der Waals surface area contributed by atoms with E-state index in [1.807, 2.05) is 6.92 Å². The summed E-state index contributed by atoms with van der Waals surface area (Å²) in [6.45, 7) is 6.31. The normalized spacial score (nSPS) is 17.0. The molecule has 1 aliphatic rings. The van der Waals surface area contributed by atoms with Crippen molar-refractivity contribution in [2.75, 3.05) is 11.9 Å². The summed E-state index contributed by atoms with van der Waals surface area (Å²) in [7, 11) is 2.11. The molecule has 3 nitrogen and oxygen atoms in total. The van der Waals surface area contributed by atoms with Crippen molar-refractivity contribution in [1.29, 1.82) is 0 Å². The van der Waals surface area contributed by atoms with Gasteiger partial charge in [-0.15, -0.1) is 0 Å². The van der Waals surface area contributed by atoms with E-state index in [1.165, 1.54) is 12.8 Å². The van der Waals surface area contributed by atoms with Crippen LogP contribution >= 0.6 is 11.6 Å². The predicted molar refractivity (Wildman–Crippen MR) is 71.7 cm³/mol. The molecule has 0 aromatic carbocycles. The van der Waals surface area contributed by atoms with E-state index in [0.29, 0.717) is 11.2 Å². The first-order valence-electron chi connectivity index (χ1n) is 6.30. The lowest BCUT2D eigenvalue weighted by Crippen LogP contribution is -2.32. The van der Waals surface area contributed by atoms with E-state index in [-0.39, 0.29) is 0 Å². The number of aromatic nitrogens is 2. The molecule has 0 spiro atoms. The second kappa shape index (κ2) is 4.81. The molecular formula is C13H20ClN3. The number of hydrogen-bond donors (Lipinski definition) is 0. The van der Waals surface area contributed by atoms with Crippen molar-refractivity contribution in [3.05, 3.63) is 16.5 Å². The molecule has 94 valence electrons. The standard InChI is InChI=1S/C13H20ClN3/c1-5-11-15-12(14)8(2)13(16-11)17(4)9(3)10-6-7-10/h9-10H,5-7H2,1-4H3. The highest BCUT2D eigenvalue weighted by Crippen LogP contribution is 2.37. The van der Waals surface area contributed by atoms with E-state index in [0.717, 1.165) is 29.5 Å². The van der Waals surface area contributed by atoms with Gasteiger partial charge in [-0.1, -0.05) is 18.5 Å². The first-order valence-corrected chi connectivity index (χ1v) is 6.68. The molecule has 1 heterocycles. The quantitative estimate of drug-likeness (QED) is 0.772. The summed E-state index contributed by atoms with van der Waals surface area (Å²) in [5.74, 6) is 2.63. The van der Waals surface area contributed by atoms with Gasteiger partial charge in [0.25, 0.3) is 0 Å². The van der Waals surface area contributed by atoms with Crippen LogP contribution in [0.2, 0.25) is 5.15 Å². The van der Waals surface area contributed by atoms with Crippen LogP contribution in [0.15, 0.2) is 0 Å². The maximum atomic E-state index is 6.16. The average molecular weight is 254 g/mol. The Bertz CT molecular complexity index is 415. The Morgan fingerprint density at radius 1 is 1.41 bits per heavy atom. The molecule has 1 aliphatic carbocycles. The lowest BCUT2D eigenvalue weighted by atomic mass is 10.2. The second-order valence-corrected chi connectivity index (χ2v) is 5.28. The second-order valence-electron chi connectivity index (χ2n) is 4.92. The highest BCUT2D eigenvalue weighted by Gasteiger charge is 2.31. The minimum atomic E-state index is 0.532. The van der Waals surface area contributed by atoms with Gasteiger partial charge in [0.05, 0.1) is 0 Å². The van der Waals surface area contributed by atoms with Crippen molar-refractivity contribution in [3.63, 3.8) is 0 Å². The Hall–Kier alpha value is -0.830. The molecular weight excluding hydrogens is 234 g/mol. The first kappa shape index (κ1) is 12.6. The maximum absolute atomic E-state index is 6.16. The van der Waals surface area contributed by atoms with Crippen LogP contribution in [-0.4, -0.2) is 23.1 Å². The molecule has 1 aromatic heterocycles. The Morgan fingerprint density at radius 3 is 2.59 bits per heavy atom. The topological polar surface area (TPSA) is 29.0 Å². The molecule has 1 unspecified atom stereocenters. The lowest BCUT2D eigenvalue weighted by molar-refractivity contribution is 0.600. The monoisotopic (exact) mass is 253 g/mol. The van der Waals surface area contributed by atoms with Crippen molar-refractivity contribution >= 4 is 17.4 Å². The number of rotatable bonds is 4. The fourth-order valence-corrected chi connectivity index (χ4v) is 2.29. The summed E-state index contributed by atoms with van der Waals surface area (Å²) in [5, 5.41) is 0.585. The minimum absolute atomic E-state index is 0.532. The number of halogens is 1. The van der Waals surface area contributed by atoms with Crippen molar-refractivity contribution in [2.45, 2.75) is 46.1 Å². The summed E-state index contributed by atoms with van der Waals surface area (Å²) < 4.78 is 0. The summed E-state index contributed by atoms with van der Waals surface area (Å²) in [5.41, 5.74) is 0.985. The zero-order valence-corrected chi connectivity index (χ0v) is 11.8. The number of aryl methyl sites for hydroxylation is 1. The van der Waals surface area contributed by atoms with Crippen LogP contribution in [-0.2, 0) is 6.42 Å². The largest absolute Gasteiger partial charge is 0.356 e. The predicted octanol–water partition coefficient (Wildman–Crippen LogP) is 3.24. The zero-order valence-electron chi connectivity index (χ0n) is 11.0. The van der Waals surface area contributed by atoms with Crippen molar-refractivity contribution in [3.8, 4) is 0 Å². The maximum Gasteiger partial charge on any atom is 0.137 e. The van der Waals surface area contributed by atoms with E-state index in [9.17, 15) is 0 Å². The molecule has 0 aliphatic heterocycles. The molecule has 1 aromatic rings. The van der Waals surface area contributed by atoms with Gasteiger partial charge in [0.1, 0.15) is 16.8 Å². The van der Waals surface area contributed by atoms with Gasteiger partial charge >= 0.3 is 0 Å². The fraction of sp³-hybridized carbons (Fsp3) is 0.692. The Kier molecular flexibility index (Phi) is 3.57. The van der Waals surface area contributed by atoms with Gasteiger partial charge in [-0.05, 0) is 32.6 Å². The number of hydrogen-bond acceptors (Lipinski definition) is 3. The summed E-state index contributed by atoms with van der Waals surface area (Å²) >= 11 is 6.16. The molecule has 0 radical (unpaired) electrons. The Balaban J connectivity index is 2.32. The molecule has 1 atom stereocenters. The number of anilines is 1. The molecule has 0 bridgehead atoms. The van der Waals surface area contributed by atoms with E-state index < -0.39 is 0 Å². The Labute approximate surface area is 108 Å². The van der Waals surface area contributed by atoms with Crippen LogP contribution in [0, 0.1) is 12.8 Å². The van der Waals surface area contributed by atoms with Crippen LogP contribution < -0.4 is 4.90 Å². The fourth-order valence-electron chi connectivity index (χ4n) is 2.11. The van der Waals surface area contributed by atoms with Crippen LogP contribution in [0.4, 0.5) is 5.82 Å². The third-order valence-electron chi connectivity index (χ3n) is 3.67. The average Bonchev–Trinajstić information content (AvgIpc) is 3.14. The van der Waals surface area contributed by atoms with E-state index >= 15 is 0 Å². The molecule has 2 rings (SSSR count). The zero-order chi connectivity index (χ0) is 12.6. The van der Waals surface area contributed by atoms with E-state index in [4.69, 9.17) is 11.6 Å². The van der Waals surface area contributed by atoms with E-state index in [2.05, 4.69) is 35.8 Å². The Morgan fingerprint density at radius 2 is 2.06 bits per heavy atom. The van der Waals surface area contributed by atoms with Gasteiger partial charge < -0.3 is 4.90 Å². The van der Waals surface area contributed by atoms with Gasteiger partial charge in [0.2, 0.25) is 0 Å².